The van der Waals surface area contributed by atoms with E-state index in [4.69, 9.17) is 11.6 Å². The van der Waals surface area contributed by atoms with E-state index >= 15 is 0 Å². The van der Waals surface area contributed by atoms with E-state index in [1.54, 1.807) is 19.9 Å². The van der Waals surface area contributed by atoms with Crippen LogP contribution in [0.15, 0.2) is 10.9 Å². The van der Waals surface area contributed by atoms with Crippen LogP contribution < -0.4 is 5.56 Å². The Morgan fingerprint density at radius 3 is 2.58 bits per heavy atom. The van der Waals surface area contributed by atoms with Gasteiger partial charge in [0.2, 0.25) is 0 Å². The predicted molar refractivity (Wildman–Crippen MR) is 46.9 cm³/mol. The molecule has 4 heteroatoms. The van der Waals surface area contributed by atoms with Crippen molar-refractivity contribution in [3.63, 3.8) is 0 Å². The number of pyridine rings is 1. The van der Waals surface area contributed by atoms with Crippen LogP contribution in [0.4, 0.5) is 0 Å². The van der Waals surface area contributed by atoms with Gasteiger partial charge in [0.1, 0.15) is 0 Å². The van der Waals surface area contributed by atoms with E-state index in [1.165, 1.54) is 0 Å². The van der Waals surface area contributed by atoms with Gasteiger partial charge in [-0.25, -0.2) is 0 Å². The molecule has 0 aliphatic rings. The first kappa shape index (κ1) is 9.13. The molecule has 0 unspecified atom stereocenters. The summed E-state index contributed by atoms with van der Waals surface area (Å²) in [5, 5.41) is 9.28. The van der Waals surface area contributed by atoms with Crippen LogP contribution in [0.5, 0.6) is 0 Å². The molecule has 1 aromatic heterocycles. The average molecular weight is 188 g/mol. The smallest absolute Gasteiger partial charge is 0.286 e. The van der Waals surface area contributed by atoms with Crippen LogP contribution in [0.3, 0.4) is 0 Å². The Morgan fingerprint density at radius 2 is 2.08 bits per heavy atom. The summed E-state index contributed by atoms with van der Waals surface area (Å²) in [6.07, 6.45) is 0. The highest BCUT2D eigenvalue weighted by atomic mass is 35.5. The minimum absolute atomic E-state index is 0.137. The molecule has 0 amide bonds. The van der Waals surface area contributed by atoms with E-state index in [0.717, 1.165) is 5.56 Å². The standard InChI is InChI=1S/C8H10ClNO2/c1-5-3-6(2)8(11)10(12)7(5)4-9/h3,12H,4H2,1-2H3. The molecule has 1 rings (SSSR count). The van der Waals surface area contributed by atoms with Gasteiger partial charge < -0.3 is 5.21 Å². The number of halogens is 1. The van der Waals surface area contributed by atoms with Crippen LogP contribution in [0.25, 0.3) is 0 Å². The van der Waals surface area contributed by atoms with Gasteiger partial charge in [-0.2, -0.15) is 4.73 Å². The summed E-state index contributed by atoms with van der Waals surface area (Å²) in [7, 11) is 0. The zero-order valence-electron chi connectivity index (χ0n) is 6.97. The summed E-state index contributed by atoms with van der Waals surface area (Å²) in [4.78, 5) is 11.2. The number of rotatable bonds is 1. The monoisotopic (exact) mass is 187 g/mol. The molecule has 3 nitrogen and oxygen atoms in total. The van der Waals surface area contributed by atoms with Crippen molar-refractivity contribution in [3.05, 3.63) is 33.2 Å². The van der Waals surface area contributed by atoms with Crippen molar-refractivity contribution >= 4 is 11.6 Å². The van der Waals surface area contributed by atoms with Gasteiger partial charge in [-0.1, -0.05) is 0 Å². The maximum absolute atomic E-state index is 11.2. The molecule has 1 N–H and O–H groups in total. The predicted octanol–water partition coefficient (Wildman–Crippen LogP) is 1.44. The largest absolute Gasteiger partial charge is 0.425 e. The molecule has 66 valence electrons. The van der Waals surface area contributed by atoms with Crippen LogP contribution in [0.1, 0.15) is 16.8 Å². The fourth-order valence-corrected chi connectivity index (χ4v) is 1.41. The maximum atomic E-state index is 11.2. The normalized spacial score (nSPS) is 10.2. The van der Waals surface area contributed by atoms with Gasteiger partial charge in [0.25, 0.3) is 5.56 Å². The second kappa shape index (κ2) is 3.19. The molecule has 1 aromatic rings. The van der Waals surface area contributed by atoms with Crippen LogP contribution >= 0.6 is 11.6 Å². The topological polar surface area (TPSA) is 42.2 Å². The number of hydrogen-bond acceptors (Lipinski definition) is 2. The van der Waals surface area contributed by atoms with Gasteiger partial charge in [0.05, 0.1) is 11.6 Å². The summed E-state index contributed by atoms with van der Waals surface area (Å²) in [5.74, 6) is 0.137. The molecule has 0 radical (unpaired) electrons. The summed E-state index contributed by atoms with van der Waals surface area (Å²) < 4.78 is 0.609. The second-order valence-corrected chi connectivity index (χ2v) is 2.97. The fourth-order valence-electron chi connectivity index (χ4n) is 1.09. The molecule has 0 aliphatic heterocycles. The van der Waals surface area contributed by atoms with Crippen LogP contribution in [0, 0.1) is 13.8 Å². The van der Waals surface area contributed by atoms with Crippen molar-refractivity contribution in [2.75, 3.05) is 0 Å². The molecule has 0 spiro atoms. The molecule has 0 atom stereocenters. The molecule has 0 bridgehead atoms. The van der Waals surface area contributed by atoms with E-state index in [2.05, 4.69) is 0 Å². The first-order chi connectivity index (χ1) is 5.57. The number of aromatic nitrogens is 1. The van der Waals surface area contributed by atoms with E-state index in [-0.39, 0.29) is 5.88 Å². The molecular weight excluding hydrogens is 178 g/mol. The van der Waals surface area contributed by atoms with Gasteiger partial charge in [-0.3, -0.25) is 4.79 Å². The minimum atomic E-state index is -0.406. The Labute approximate surface area is 75.2 Å². The van der Waals surface area contributed by atoms with E-state index < -0.39 is 5.56 Å². The molecule has 1 heterocycles. The molecule has 0 aliphatic carbocycles. The Bertz CT molecular complexity index is 357. The lowest BCUT2D eigenvalue weighted by molar-refractivity contribution is 0.166. The lowest BCUT2D eigenvalue weighted by Crippen LogP contribution is -2.23. The Kier molecular flexibility index (Phi) is 2.43. The number of nitrogens with zero attached hydrogens (tertiary/aromatic N) is 1. The number of aryl methyl sites for hydroxylation is 2. The molecule has 12 heavy (non-hydrogen) atoms. The highest BCUT2D eigenvalue weighted by Crippen LogP contribution is 2.08. The highest BCUT2D eigenvalue weighted by molar-refractivity contribution is 6.17. The Balaban J connectivity index is 3.52. The van der Waals surface area contributed by atoms with Gasteiger partial charge in [-0.05, 0) is 25.5 Å². The highest BCUT2D eigenvalue weighted by Gasteiger charge is 2.07. The molecule has 0 fully saturated rings. The van der Waals surface area contributed by atoms with Crippen LogP contribution in [0.2, 0.25) is 0 Å². The maximum Gasteiger partial charge on any atom is 0.286 e. The van der Waals surface area contributed by atoms with Crippen molar-refractivity contribution in [1.82, 2.24) is 4.73 Å². The summed E-state index contributed by atoms with van der Waals surface area (Å²) in [6, 6.07) is 1.72. The number of alkyl halides is 1. The fraction of sp³-hybridized carbons (Fsp3) is 0.375. The zero-order valence-corrected chi connectivity index (χ0v) is 7.72. The van der Waals surface area contributed by atoms with Crippen LogP contribution in [-0.2, 0) is 5.88 Å². The molecule has 0 saturated carbocycles. The Hall–Kier alpha value is -0.960. The Morgan fingerprint density at radius 1 is 1.50 bits per heavy atom. The van der Waals surface area contributed by atoms with Crippen molar-refractivity contribution in [1.29, 1.82) is 0 Å². The molecule has 0 saturated heterocycles. The van der Waals surface area contributed by atoms with Crippen LogP contribution in [-0.4, -0.2) is 9.94 Å². The van der Waals surface area contributed by atoms with Gasteiger partial charge >= 0.3 is 0 Å². The van der Waals surface area contributed by atoms with Crippen molar-refractivity contribution < 1.29 is 5.21 Å². The first-order valence-electron chi connectivity index (χ1n) is 3.55. The molecular formula is C8H10ClNO2. The lowest BCUT2D eigenvalue weighted by atomic mass is 10.2. The SMILES string of the molecule is Cc1cc(C)c(=O)n(O)c1CCl. The third-order valence-corrected chi connectivity index (χ3v) is 2.05. The zero-order chi connectivity index (χ0) is 9.30. The minimum Gasteiger partial charge on any atom is -0.425 e. The quantitative estimate of drug-likeness (QED) is 0.534. The van der Waals surface area contributed by atoms with Gasteiger partial charge in [-0.15, -0.1) is 11.6 Å². The van der Waals surface area contributed by atoms with Crippen molar-refractivity contribution in [3.8, 4) is 0 Å². The van der Waals surface area contributed by atoms with E-state index in [0.29, 0.717) is 16.0 Å². The third kappa shape index (κ3) is 1.32. The second-order valence-electron chi connectivity index (χ2n) is 2.71. The van der Waals surface area contributed by atoms with Gasteiger partial charge in [0, 0.05) is 5.56 Å². The summed E-state index contributed by atoms with van der Waals surface area (Å²) >= 11 is 5.54. The summed E-state index contributed by atoms with van der Waals surface area (Å²) in [6.45, 7) is 3.46. The average Bonchev–Trinajstić information content (AvgIpc) is 2.01. The lowest BCUT2D eigenvalue weighted by Gasteiger charge is -2.07. The van der Waals surface area contributed by atoms with Crippen molar-refractivity contribution in [2.24, 2.45) is 0 Å². The van der Waals surface area contributed by atoms with E-state index in [1.807, 2.05) is 0 Å². The van der Waals surface area contributed by atoms with Crippen molar-refractivity contribution in [2.45, 2.75) is 19.7 Å². The number of hydrogen-bond donors (Lipinski definition) is 1. The molecule has 0 aromatic carbocycles. The summed E-state index contributed by atoms with van der Waals surface area (Å²) in [5.41, 5.74) is 1.39. The third-order valence-electron chi connectivity index (χ3n) is 1.80. The first-order valence-corrected chi connectivity index (χ1v) is 4.08. The van der Waals surface area contributed by atoms with Gasteiger partial charge in [0.15, 0.2) is 0 Å². The van der Waals surface area contributed by atoms with E-state index in [9.17, 15) is 10.0 Å².